The molecular formula is C15H20N2S. The largest absolute Gasteiger partial charge is 0.317 e. The van der Waals surface area contributed by atoms with Gasteiger partial charge in [-0.3, -0.25) is 0 Å². The van der Waals surface area contributed by atoms with Crippen molar-refractivity contribution in [2.75, 3.05) is 0 Å². The van der Waals surface area contributed by atoms with Crippen LogP contribution in [0.2, 0.25) is 0 Å². The lowest BCUT2D eigenvalue weighted by molar-refractivity contribution is 0.558. The number of hydrogen-bond acceptors (Lipinski definition) is 1. The highest BCUT2D eigenvalue weighted by Gasteiger charge is 2.10. The zero-order valence-electron chi connectivity index (χ0n) is 10.8. The van der Waals surface area contributed by atoms with Crippen LogP contribution in [-0.4, -0.2) is 9.13 Å². The molecule has 0 N–H and O–H groups in total. The lowest BCUT2D eigenvalue weighted by Crippen LogP contribution is -2.01. The topological polar surface area (TPSA) is 9.86 Å². The molecule has 1 aromatic heterocycles. The second kappa shape index (κ2) is 5.27. The van der Waals surface area contributed by atoms with E-state index in [0.29, 0.717) is 0 Å². The third-order valence-corrected chi connectivity index (χ3v) is 4.38. The Morgan fingerprint density at radius 2 is 1.17 bits per heavy atom. The Labute approximate surface area is 113 Å². The van der Waals surface area contributed by atoms with Crippen LogP contribution in [0.15, 0.2) is 24.3 Å². The van der Waals surface area contributed by atoms with Gasteiger partial charge in [0.1, 0.15) is 0 Å². The van der Waals surface area contributed by atoms with E-state index in [1.54, 1.807) is 0 Å². The van der Waals surface area contributed by atoms with Crippen LogP contribution in [0, 0.1) is 4.77 Å². The predicted octanol–water partition coefficient (Wildman–Crippen LogP) is 4.53. The molecule has 0 amide bonds. The van der Waals surface area contributed by atoms with Gasteiger partial charge in [0, 0.05) is 13.1 Å². The minimum Gasteiger partial charge on any atom is -0.317 e. The van der Waals surface area contributed by atoms with Crippen molar-refractivity contribution in [2.24, 2.45) is 0 Å². The minimum atomic E-state index is 1.01. The first-order valence-corrected chi connectivity index (χ1v) is 7.47. The summed E-state index contributed by atoms with van der Waals surface area (Å²) in [6.45, 7) is 2.15. The maximum atomic E-state index is 5.67. The van der Waals surface area contributed by atoms with Gasteiger partial charge in [-0.1, -0.05) is 37.8 Å². The molecule has 0 saturated heterocycles. The molecule has 0 fully saturated rings. The van der Waals surface area contributed by atoms with Gasteiger partial charge < -0.3 is 9.13 Å². The number of imidazole rings is 1. The Morgan fingerprint density at radius 1 is 0.722 bits per heavy atom. The molecular weight excluding hydrogens is 240 g/mol. The van der Waals surface area contributed by atoms with Gasteiger partial charge in [-0.2, -0.15) is 0 Å². The molecule has 2 heterocycles. The minimum absolute atomic E-state index is 1.01. The van der Waals surface area contributed by atoms with E-state index >= 15 is 0 Å². The molecule has 0 unspecified atom stereocenters. The Kier molecular flexibility index (Phi) is 3.50. The van der Waals surface area contributed by atoms with Crippen LogP contribution in [0.3, 0.4) is 0 Å². The van der Waals surface area contributed by atoms with Crippen molar-refractivity contribution in [3.63, 3.8) is 0 Å². The molecule has 1 aromatic carbocycles. The second-order valence-electron chi connectivity index (χ2n) is 5.20. The van der Waals surface area contributed by atoms with E-state index in [-0.39, 0.29) is 0 Å². The highest BCUT2D eigenvalue weighted by Crippen LogP contribution is 2.21. The molecule has 0 aliphatic carbocycles. The van der Waals surface area contributed by atoms with Crippen molar-refractivity contribution < 1.29 is 0 Å². The van der Waals surface area contributed by atoms with Crippen LogP contribution < -0.4 is 0 Å². The number of hydrogen-bond donors (Lipinski definition) is 0. The first kappa shape index (κ1) is 12.0. The van der Waals surface area contributed by atoms with Crippen LogP contribution in [0.5, 0.6) is 0 Å². The molecule has 2 nitrogen and oxygen atoms in total. The van der Waals surface area contributed by atoms with E-state index in [1.165, 1.54) is 49.6 Å². The molecule has 0 atom stereocenters. The average Bonchev–Trinajstić information content (AvgIpc) is 2.63. The summed E-state index contributed by atoms with van der Waals surface area (Å²) < 4.78 is 5.67. The summed E-state index contributed by atoms with van der Waals surface area (Å²) in [7, 11) is 0. The molecule has 0 radical (unpaired) electrons. The van der Waals surface area contributed by atoms with Gasteiger partial charge in [-0.15, -0.1) is 0 Å². The molecule has 3 rings (SSSR count). The summed E-state index contributed by atoms with van der Waals surface area (Å²) in [5.41, 5.74) is 2.62. The van der Waals surface area contributed by atoms with Gasteiger partial charge in [0.2, 0.25) is 0 Å². The third kappa shape index (κ3) is 2.12. The predicted molar refractivity (Wildman–Crippen MR) is 78.5 cm³/mol. The van der Waals surface area contributed by atoms with Crippen molar-refractivity contribution >= 4 is 23.3 Å². The highest BCUT2D eigenvalue weighted by molar-refractivity contribution is 7.71. The summed E-state index contributed by atoms with van der Waals surface area (Å²) in [6.07, 6.45) is 7.93. The van der Waals surface area contributed by atoms with Crippen LogP contribution in [0.1, 0.15) is 38.5 Å². The van der Waals surface area contributed by atoms with Gasteiger partial charge in [-0.05, 0) is 37.2 Å². The number of rotatable bonds is 0. The van der Waals surface area contributed by atoms with E-state index in [1.807, 2.05) is 0 Å². The highest BCUT2D eigenvalue weighted by atomic mass is 32.1. The number of nitrogens with zero attached hydrogens (tertiary/aromatic N) is 2. The SMILES string of the molecule is S=c1n2c3ccccc3n1CCCCCCCC2. The number of aromatic nitrogens is 2. The summed E-state index contributed by atoms with van der Waals surface area (Å²) in [5.74, 6) is 0. The molecule has 0 saturated carbocycles. The fourth-order valence-electron chi connectivity index (χ4n) is 2.95. The van der Waals surface area contributed by atoms with Gasteiger partial charge in [0.15, 0.2) is 4.77 Å². The molecule has 18 heavy (non-hydrogen) atoms. The monoisotopic (exact) mass is 260 g/mol. The van der Waals surface area contributed by atoms with Gasteiger partial charge in [0.25, 0.3) is 0 Å². The number of para-hydroxylation sites is 2. The summed E-state index contributed by atoms with van der Waals surface area (Å²) in [5, 5.41) is 0. The fraction of sp³-hybridized carbons (Fsp3) is 0.533. The van der Waals surface area contributed by atoms with Gasteiger partial charge >= 0.3 is 0 Å². The Bertz CT molecular complexity index is 544. The Morgan fingerprint density at radius 3 is 1.67 bits per heavy atom. The fourth-order valence-corrected chi connectivity index (χ4v) is 3.33. The number of aryl methyl sites for hydroxylation is 2. The summed E-state index contributed by atoms with van der Waals surface area (Å²) in [6, 6.07) is 8.63. The van der Waals surface area contributed by atoms with Crippen molar-refractivity contribution in [1.29, 1.82) is 0 Å². The van der Waals surface area contributed by atoms with E-state index in [9.17, 15) is 0 Å². The normalized spacial score (nSPS) is 17.6. The Balaban J connectivity index is 2.12. The first-order valence-electron chi connectivity index (χ1n) is 7.06. The van der Waals surface area contributed by atoms with Crippen LogP contribution in [-0.2, 0) is 13.1 Å². The summed E-state index contributed by atoms with van der Waals surface area (Å²) in [4.78, 5) is 0. The standard InChI is InChI=1S/C15H20N2S/c18-15-16-11-7-3-1-2-4-8-12-17(15)14-10-6-5-9-13(14)16/h5-6,9-10H,1-4,7-8,11-12H2. The van der Waals surface area contributed by atoms with Gasteiger partial charge in [0.05, 0.1) is 11.0 Å². The molecule has 1 aliphatic heterocycles. The van der Waals surface area contributed by atoms with Gasteiger partial charge in [-0.25, -0.2) is 0 Å². The lowest BCUT2D eigenvalue weighted by Gasteiger charge is -2.05. The second-order valence-corrected chi connectivity index (χ2v) is 5.56. The number of fused-ring (bicyclic) bond motifs is 5. The quantitative estimate of drug-likeness (QED) is 0.633. The van der Waals surface area contributed by atoms with E-state index in [4.69, 9.17) is 12.2 Å². The van der Waals surface area contributed by atoms with E-state index in [2.05, 4.69) is 33.4 Å². The molecule has 1 aliphatic rings. The van der Waals surface area contributed by atoms with Crippen molar-refractivity contribution in [2.45, 2.75) is 51.6 Å². The van der Waals surface area contributed by atoms with Crippen LogP contribution in [0.25, 0.3) is 11.0 Å². The molecule has 2 bridgehead atoms. The zero-order chi connectivity index (χ0) is 12.4. The smallest absolute Gasteiger partial charge is 0.180 e. The van der Waals surface area contributed by atoms with Crippen molar-refractivity contribution in [3.8, 4) is 0 Å². The van der Waals surface area contributed by atoms with Crippen molar-refractivity contribution in [1.82, 2.24) is 9.13 Å². The first-order chi connectivity index (χ1) is 8.88. The summed E-state index contributed by atoms with van der Waals surface area (Å²) >= 11 is 5.67. The molecule has 3 heteroatoms. The average molecular weight is 260 g/mol. The zero-order valence-corrected chi connectivity index (χ0v) is 11.6. The lowest BCUT2D eigenvalue weighted by atomic mass is 10.1. The Hall–Kier alpha value is -1.09. The van der Waals surface area contributed by atoms with Crippen LogP contribution >= 0.6 is 12.2 Å². The molecule has 96 valence electrons. The molecule has 0 spiro atoms. The van der Waals surface area contributed by atoms with Crippen molar-refractivity contribution in [3.05, 3.63) is 29.0 Å². The van der Waals surface area contributed by atoms with E-state index in [0.717, 1.165) is 17.9 Å². The third-order valence-electron chi connectivity index (χ3n) is 3.94. The van der Waals surface area contributed by atoms with E-state index < -0.39 is 0 Å². The maximum Gasteiger partial charge on any atom is 0.180 e. The number of benzene rings is 1. The molecule has 2 aromatic rings. The maximum absolute atomic E-state index is 5.67. The van der Waals surface area contributed by atoms with Crippen LogP contribution in [0.4, 0.5) is 0 Å².